The van der Waals surface area contributed by atoms with Crippen LogP contribution in [0, 0.1) is 10.6 Å². The van der Waals surface area contributed by atoms with E-state index in [-0.39, 0.29) is 4.77 Å². The molecule has 0 saturated heterocycles. The van der Waals surface area contributed by atoms with Crippen LogP contribution in [-0.4, -0.2) is 9.97 Å². The van der Waals surface area contributed by atoms with E-state index in [2.05, 4.69) is 22.2 Å². The van der Waals surface area contributed by atoms with E-state index in [0.29, 0.717) is 0 Å². The zero-order chi connectivity index (χ0) is 6.85. The summed E-state index contributed by atoms with van der Waals surface area (Å²) in [5.74, 6) is -0.858. The lowest BCUT2D eigenvalue weighted by Crippen LogP contribution is -2.10. The molecule has 0 unspecified atom stereocenters. The topological polar surface area (TPSA) is 48.6 Å². The molecule has 0 aromatic carbocycles. The lowest BCUT2D eigenvalue weighted by Gasteiger charge is -1.83. The highest BCUT2D eigenvalue weighted by molar-refractivity contribution is 7.71. The number of aromatic amines is 2. The fourth-order valence-electron chi connectivity index (χ4n) is 0.393. The molecular weight excluding hydrogens is 143 g/mol. The van der Waals surface area contributed by atoms with Crippen molar-refractivity contribution in [3.05, 3.63) is 27.1 Å². The van der Waals surface area contributed by atoms with E-state index in [0.717, 1.165) is 6.20 Å². The van der Waals surface area contributed by atoms with E-state index in [4.69, 9.17) is 0 Å². The van der Waals surface area contributed by atoms with Gasteiger partial charge in [-0.2, -0.15) is 4.39 Å². The normalized spacial score (nSPS) is 9.44. The van der Waals surface area contributed by atoms with Crippen LogP contribution < -0.4 is 5.56 Å². The molecule has 2 N–H and O–H groups in total. The predicted molar refractivity (Wildman–Crippen MR) is 32.2 cm³/mol. The van der Waals surface area contributed by atoms with Crippen molar-refractivity contribution < 1.29 is 4.39 Å². The molecule has 0 radical (unpaired) electrons. The Hall–Kier alpha value is -0.970. The number of halogens is 1. The van der Waals surface area contributed by atoms with Gasteiger partial charge in [0.1, 0.15) is 0 Å². The van der Waals surface area contributed by atoms with E-state index in [1.165, 1.54) is 0 Å². The third-order valence-corrected chi connectivity index (χ3v) is 0.994. The van der Waals surface area contributed by atoms with Crippen molar-refractivity contribution in [1.29, 1.82) is 0 Å². The Morgan fingerprint density at radius 3 is 2.78 bits per heavy atom. The monoisotopic (exact) mass is 146 g/mol. The zero-order valence-corrected chi connectivity index (χ0v) is 5.09. The fourth-order valence-corrected chi connectivity index (χ4v) is 0.545. The van der Waals surface area contributed by atoms with Crippen LogP contribution in [0.5, 0.6) is 0 Å². The molecule has 0 amide bonds. The third-order valence-electron chi connectivity index (χ3n) is 0.774. The van der Waals surface area contributed by atoms with Gasteiger partial charge in [0.15, 0.2) is 4.77 Å². The SMILES string of the molecule is O=c1[nH]c(=S)[nH]cc1F. The number of hydrogen-bond acceptors (Lipinski definition) is 2. The summed E-state index contributed by atoms with van der Waals surface area (Å²) in [6.07, 6.45) is 0.918. The van der Waals surface area contributed by atoms with Crippen molar-refractivity contribution in [2.24, 2.45) is 0 Å². The first-order chi connectivity index (χ1) is 4.20. The first-order valence-electron chi connectivity index (χ1n) is 2.17. The maximum absolute atomic E-state index is 12.1. The summed E-state index contributed by atoms with van der Waals surface area (Å²) in [6.45, 7) is 0. The zero-order valence-electron chi connectivity index (χ0n) is 4.27. The van der Waals surface area contributed by atoms with Gasteiger partial charge in [-0.05, 0) is 12.2 Å². The Bertz CT molecular complexity index is 315. The maximum Gasteiger partial charge on any atom is 0.287 e. The Morgan fingerprint density at radius 1 is 1.67 bits per heavy atom. The molecule has 1 aromatic rings. The molecule has 0 saturated carbocycles. The number of hydrogen-bond donors (Lipinski definition) is 2. The van der Waals surface area contributed by atoms with Crippen molar-refractivity contribution in [2.75, 3.05) is 0 Å². The van der Waals surface area contributed by atoms with Crippen LogP contribution in [-0.2, 0) is 0 Å². The van der Waals surface area contributed by atoms with Gasteiger partial charge in [0.25, 0.3) is 5.56 Å². The van der Waals surface area contributed by atoms with Crippen LogP contribution >= 0.6 is 12.2 Å². The quantitative estimate of drug-likeness (QED) is 0.526. The van der Waals surface area contributed by atoms with Crippen LogP contribution in [0.4, 0.5) is 4.39 Å². The molecular formula is C4H3FN2OS. The van der Waals surface area contributed by atoms with Gasteiger partial charge in [-0.25, -0.2) is 0 Å². The second-order valence-electron chi connectivity index (χ2n) is 1.42. The van der Waals surface area contributed by atoms with E-state index in [9.17, 15) is 9.18 Å². The minimum absolute atomic E-state index is 0.126. The van der Waals surface area contributed by atoms with E-state index in [1.807, 2.05) is 0 Å². The number of H-pyrrole nitrogens is 2. The van der Waals surface area contributed by atoms with Crippen LogP contribution in [0.2, 0.25) is 0 Å². The van der Waals surface area contributed by atoms with E-state index < -0.39 is 11.4 Å². The molecule has 9 heavy (non-hydrogen) atoms. The molecule has 3 nitrogen and oxygen atoms in total. The molecule has 0 aliphatic carbocycles. The van der Waals surface area contributed by atoms with Gasteiger partial charge in [0, 0.05) is 6.20 Å². The van der Waals surface area contributed by atoms with E-state index in [1.54, 1.807) is 0 Å². The van der Waals surface area contributed by atoms with Crippen LogP contribution in [0.15, 0.2) is 11.0 Å². The molecule has 0 atom stereocenters. The van der Waals surface area contributed by atoms with Gasteiger partial charge in [-0.3, -0.25) is 9.78 Å². The predicted octanol–water partition coefficient (Wildman–Crippen LogP) is 0.572. The Balaban J connectivity index is 3.52. The highest BCUT2D eigenvalue weighted by Crippen LogP contribution is 1.79. The van der Waals surface area contributed by atoms with Crippen molar-refractivity contribution in [3.63, 3.8) is 0 Å². The molecule has 0 fully saturated rings. The summed E-state index contributed by atoms with van der Waals surface area (Å²) in [5, 5.41) is 0. The summed E-state index contributed by atoms with van der Waals surface area (Å²) in [5.41, 5.74) is -0.793. The minimum atomic E-state index is -0.858. The minimum Gasteiger partial charge on any atom is -0.336 e. The third kappa shape index (κ3) is 1.23. The number of nitrogens with one attached hydrogen (secondary N) is 2. The number of aromatic nitrogens is 2. The van der Waals surface area contributed by atoms with Crippen molar-refractivity contribution in [1.82, 2.24) is 9.97 Å². The average Bonchev–Trinajstić information content (AvgIpc) is 1.80. The summed E-state index contributed by atoms with van der Waals surface area (Å²) < 4.78 is 12.2. The highest BCUT2D eigenvalue weighted by Gasteiger charge is 1.91. The summed E-state index contributed by atoms with van der Waals surface area (Å²) >= 11 is 4.48. The Labute approximate surface area is 54.6 Å². The molecule has 1 heterocycles. The van der Waals surface area contributed by atoms with Gasteiger partial charge in [-0.1, -0.05) is 0 Å². The molecule has 0 bridgehead atoms. The fraction of sp³-hybridized carbons (Fsp3) is 0. The maximum atomic E-state index is 12.1. The van der Waals surface area contributed by atoms with Crippen molar-refractivity contribution in [2.45, 2.75) is 0 Å². The molecule has 1 rings (SSSR count). The molecule has 5 heteroatoms. The second-order valence-corrected chi connectivity index (χ2v) is 1.83. The molecule has 0 aliphatic heterocycles. The van der Waals surface area contributed by atoms with Gasteiger partial charge in [0.2, 0.25) is 5.82 Å². The lowest BCUT2D eigenvalue weighted by molar-refractivity contribution is 0.599. The summed E-state index contributed by atoms with van der Waals surface area (Å²) in [4.78, 5) is 14.7. The van der Waals surface area contributed by atoms with Crippen LogP contribution in [0.25, 0.3) is 0 Å². The standard InChI is InChI=1S/C4H3FN2OS/c5-2-1-6-4(9)7-3(2)8/h1H,(H2,6,7,8,9). The largest absolute Gasteiger partial charge is 0.336 e. The Kier molecular flexibility index (Phi) is 1.44. The van der Waals surface area contributed by atoms with E-state index >= 15 is 0 Å². The second kappa shape index (κ2) is 2.10. The molecule has 0 spiro atoms. The van der Waals surface area contributed by atoms with Crippen LogP contribution in [0.3, 0.4) is 0 Å². The van der Waals surface area contributed by atoms with Gasteiger partial charge >= 0.3 is 0 Å². The summed E-state index contributed by atoms with van der Waals surface area (Å²) in [6, 6.07) is 0. The molecule has 48 valence electrons. The first-order valence-corrected chi connectivity index (χ1v) is 2.58. The van der Waals surface area contributed by atoms with Crippen LogP contribution in [0.1, 0.15) is 0 Å². The average molecular weight is 146 g/mol. The Morgan fingerprint density at radius 2 is 2.33 bits per heavy atom. The smallest absolute Gasteiger partial charge is 0.287 e. The first kappa shape index (κ1) is 6.15. The van der Waals surface area contributed by atoms with Gasteiger partial charge in [0.05, 0.1) is 0 Å². The lowest BCUT2D eigenvalue weighted by atomic mass is 10.6. The van der Waals surface area contributed by atoms with Gasteiger partial charge in [-0.15, -0.1) is 0 Å². The van der Waals surface area contributed by atoms with Gasteiger partial charge < -0.3 is 4.98 Å². The highest BCUT2D eigenvalue weighted by atomic mass is 32.1. The van der Waals surface area contributed by atoms with Crippen molar-refractivity contribution in [3.8, 4) is 0 Å². The molecule has 0 aliphatic rings. The summed E-state index contributed by atoms with van der Waals surface area (Å²) in [7, 11) is 0. The molecule has 1 aromatic heterocycles. The number of rotatable bonds is 0. The van der Waals surface area contributed by atoms with Crippen molar-refractivity contribution >= 4 is 12.2 Å².